The minimum atomic E-state index is -0.387. The third-order valence-corrected chi connectivity index (χ3v) is 5.94. The standard InChI is InChI=1S/C20H19FN4O4S2/c1-28-15-7-13(8-16(9-15)29-2)18(27)23-19-24-25-20(31-19)30-11-17(26)22-10-12-3-5-14(21)6-4-12/h3-9H,10-11H2,1-2H3,(H,22,26)(H,23,24,27). The van der Waals surface area contributed by atoms with Gasteiger partial charge in [0.25, 0.3) is 5.91 Å². The van der Waals surface area contributed by atoms with Gasteiger partial charge >= 0.3 is 0 Å². The number of carbonyl (C=O) groups is 2. The van der Waals surface area contributed by atoms with Gasteiger partial charge in [0.1, 0.15) is 17.3 Å². The van der Waals surface area contributed by atoms with Crippen molar-refractivity contribution in [3.63, 3.8) is 0 Å². The predicted octanol–water partition coefficient (Wildman–Crippen LogP) is 3.36. The van der Waals surface area contributed by atoms with Crippen LogP contribution in [0.4, 0.5) is 9.52 Å². The number of anilines is 1. The Hall–Kier alpha value is -3.18. The Morgan fingerprint density at radius 1 is 1.06 bits per heavy atom. The summed E-state index contributed by atoms with van der Waals surface area (Å²) in [5.74, 6) is 0.210. The third kappa shape index (κ3) is 6.66. The molecule has 0 aliphatic heterocycles. The van der Waals surface area contributed by atoms with Crippen molar-refractivity contribution in [2.45, 2.75) is 10.9 Å². The lowest BCUT2D eigenvalue weighted by atomic mass is 10.2. The fourth-order valence-corrected chi connectivity index (χ4v) is 3.98. The van der Waals surface area contributed by atoms with Crippen LogP contribution in [-0.4, -0.2) is 42.0 Å². The number of thioether (sulfide) groups is 1. The summed E-state index contributed by atoms with van der Waals surface area (Å²) in [4.78, 5) is 24.5. The molecular weight excluding hydrogens is 443 g/mol. The van der Waals surface area contributed by atoms with Crippen LogP contribution in [-0.2, 0) is 11.3 Å². The van der Waals surface area contributed by atoms with E-state index >= 15 is 0 Å². The van der Waals surface area contributed by atoms with Crippen molar-refractivity contribution in [3.05, 3.63) is 59.4 Å². The van der Waals surface area contributed by atoms with E-state index < -0.39 is 0 Å². The van der Waals surface area contributed by atoms with E-state index in [1.165, 1.54) is 38.1 Å². The molecule has 0 spiro atoms. The van der Waals surface area contributed by atoms with Crippen LogP contribution >= 0.6 is 23.1 Å². The average molecular weight is 463 g/mol. The minimum absolute atomic E-state index is 0.136. The smallest absolute Gasteiger partial charge is 0.257 e. The number of hydrogen-bond donors (Lipinski definition) is 2. The van der Waals surface area contributed by atoms with Crippen molar-refractivity contribution < 1.29 is 23.5 Å². The van der Waals surface area contributed by atoms with Gasteiger partial charge in [-0.05, 0) is 29.8 Å². The van der Waals surface area contributed by atoms with E-state index in [4.69, 9.17) is 9.47 Å². The molecule has 1 aromatic heterocycles. The second-order valence-electron chi connectivity index (χ2n) is 6.12. The molecule has 8 nitrogen and oxygen atoms in total. The van der Waals surface area contributed by atoms with Gasteiger partial charge in [-0.3, -0.25) is 14.9 Å². The maximum absolute atomic E-state index is 12.9. The molecule has 0 atom stereocenters. The highest BCUT2D eigenvalue weighted by Gasteiger charge is 2.14. The maximum Gasteiger partial charge on any atom is 0.257 e. The molecule has 0 fully saturated rings. The Morgan fingerprint density at radius 3 is 2.39 bits per heavy atom. The Balaban J connectivity index is 1.50. The van der Waals surface area contributed by atoms with Crippen molar-refractivity contribution >= 4 is 40.0 Å². The maximum atomic E-state index is 12.9. The number of amides is 2. The molecule has 2 N–H and O–H groups in total. The molecule has 1 heterocycles. The van der Waals surface area contributed by atoms with Crippen LogP contribution in [0.2, 0.25) is 0 Å². The Bertz CT molecular complexity index is 1040. The van der Waals surface area contributed by atoms with Gasteiger partial charge in [0.05, 0.1) is 20.0 Å². The van der Waals surface area contributed by atoms with Gasteiger partial charge in [0.2, 0.25) is 11.0 Å². The summed E-state index contributed by atoms with van der Waals surface area (Å²) in [7, 11) is 3.00. The molecule has 3 aromatic rings. The molecule has 2 aromatic carbocycles. The summed E-state index contributed by atoms with van der Waals surface area (Å²) < 4.78 is 23.8. The van der Waals surface area contributed by atoms with Crippen LogP contribution in [0.25, 0.3) is 0 Å². The van der Waals surface area contributed by atoms with Gasteiger partial charge in [0, 0.05) is 18.2 Å². The van der Waals surface area contributed by atoms with Crippen LogP contribution in [0.3, 0.4) is 0 Å². The van der Waals surface area contributed by atoms with Gasteiger partial charge in [-0.1, -0.05) is 35.2 Å². The molecule has 31 heavy (non-hydrogen) atoms. The highest BCUT2D eigenvalue weighted by Crippen LogP contribution is 2.27. The van der Waals surface area contributed by atoms with Gasteiger partial charge < -0.3 is 14.8 Å². The number of halogens is 1. The fourth-order valence-electron chi connectivity index (χ4n) is 2.41. The van der Waals surface area contributed by atoms with Gasteiger partial charge in [-0.2, -0.15) is 0 Å². The largest absolute Gasteiger partial charge is 0.497 e. The van der Waals surface area contributed by atoms with E-state index in [9.17, 15) is 14.0 Å². The number of nitrogens with zero attached hydrogens (tertiary/aromatic N) is 2. The van der Waals surface area contributed by atoms with E-state index in [1.54, 1.807) is 30.3 Å². The molecule has 162 valence electrons. The third-order valence-electron chi connectivity index (χ3n) is 3.97. The highest BCUT2D eigenvalue weighted by atomic mass is 32.2. The van der Waals surface area contributed by atoms with Gasteiger partial charge in [-0.15, -0.1) is 10.2 Å². The molecule has 2 amide bonds. The Kier molecular flexibility index (Phi) is 7.79. The summed E-state index contributed by atoms with van der Waals surface area (Å²) in [5, 5.41) is 13.6. The number of hydrogen-bond acceptors (Lipinski definition) is 8. The van der Waals surface area contributed by atoms with E-state index in [1.807, 2.05) is 0 Å². The van der Waals surface area contributed by atoms with Crippen molar-refractivity contribution in [1.82, 2.24) is 15.5 Å². The Morgan fingerprint density at radius 2 is 1.74 bits per heavy atom. The van der Waals surface area contributed by atoms with Crippen molar-refractivity contribution in [3.8, 4) is 11.5 Å². The van der Waals surface area contributed by atoms with E-state index in [-0.39, 0.29) is 23.4 Å². The molecule has 0 aliphatic rings. The number of benzene rings is 2. The van der Waals surface area contributed by atoms with E-state index in [0.29, 0.717) is 33.1 Å². The van der Waals surface area contributed by atoms with Crippen molar-refractivity contribution in [2.75, 3.05) is 25.3 Å². The Labute approximate surface area is 186 Å². The van der Waals surface area contributed by atoms with Crippen LogP contribution in [0.1, 0.15) is 15.9 Å². The van der Waals surface area contributed by atoms with Crippen LogP contribution in [0, 0.1) is 5.82 Å². The number of rotatable bonds is 9. The second-order valence-corrected chi connectivity index (χ2v) is 8.32. The van der Waals surface area contributed by atoms with Crippen LogP contribution in [0.5, 0.6) is 11.5 Å². The molecule has 11 heteroatoms. The fraction of sp³-hybridized carbons (Fsp3) is 0.200. The highest BCUT2D eigenvalue weighted by molar-refractivity contribution is 8.01. The number of aromatic nitrogens is 2. The molecule has 0 saturated heterocycles. The predicted molar refractivity (Wildman–Crippen MR) is 116 cm³/mol. The summed E-state index contributed by atoms with van der Waals surface area (Å²) in [6, 6.07) is 10.7. The quantitative estimate of drug-likeness (QED) is 0.371. The summed E-state index contributed by atoms with van der Waals surface area (Å²) in [6.07, 6.45) is 0. The lowest BCUT2D eigenvalue weighted by Crippen LogP contribution is -2.24. The molecule has 0 radical (unpaired) electrons. The first-order chi connectivity index (χ1) is 15.0. The van der Waals surface area contributed by atoms with E-state index in [2.05, 4.69) is 20.8 Å². The number of nitrogens with one attached hydrogen (secondary N) is 2. The molecule has 0 bridgehead atoms. The van der Waals surface area contributed by atoms with Gasteiger partial charge in [0.15, 0.2) is 4.34 Å². The zero-order valence-electron chi connectivity index (χ0n) is 16.7. The SMILES string of the molecule is COc1cc(OC)cc(C(=O)Nc2nnc(SCC(=O)NCc3ccc(F)cc3)s2)c1. The topological polar surface area (TPSA) is 102 Å². The zero-order valence-corrected chi connectivity index (χ0v) is 18.3. The summed E-state index contributed by atoms with van der Waals surface area (Å²) >= 11 is 2.36. The average Bonchev–Trinajstić information content (AvgIpc) is 3.24. The lowest BCUT2D eigenvalue weighted by Gasteiger charge is -2.07. The summed E-state index contributed by atoms with van der Waals surface area (Å²) in [6.45, 7) is 0.307. The minimum Gasteiger partial charge on any atom is -0.497 e. The number of ether oxygens (including phenoxy) is 2. The normalized spacial score (nSPS) is 10.4. The first-order valence-electron chi connectivity index (χ1n) is 8.98. The van der Waals surface area contributed by atoms with Crippen LogP contribution < -0.4 is 20.1 Å². The first-order valence-corrected chi connectivity index (χ1v) is 10.8. The number of carbonyl (C=O) groups excluding carboxylic acids is 2. The first kappa shape index (κ1) is 22.5. The molecule has 0 unspecified atom stereocenters. The van der Waals surface area contributed by atoms with Crippen molar-refractivity contribution in [1.29, 1.82) is 0 Å². The van der Waals surface area contributed by atoms with E-state index in [0.717, 1.165) is 16.9 Å². The zero-order chi connectivity index (χ0) is 22.2. The molecule has 0 saturated carbocycles. The summed E-state index contributed by atoms with van der Waals surface area (Å²) in [5.41, 5.74) is 1.15. The second kappa shape index (κ2) is 10.7. The number of methoxy groups -OCH3 is 2. The molecule has 0 aliphatic carbocycles. The van der Waals surface area contributed by atoms with Gasteiger partial charge in [-0.25, -0.2) is 4.39 Å². The van der Waals surface area contributed by atoms with Crippen molar-refractivity contribution in [2.24, 2.45) is 0 Å². The van der Waals surface area contributed by atoms with Crippen LogP contribution in [0.15, 0.2) is 46.8 Å². The molecule has 3 rings (SSSR count). The molecular formula is C20H19FN4O4S2. The monoisotopic (exact) mass is 462 g/mol. The lowest BCUT2D eigenvalue weighted by molar-refractivity contribution is -0.118.